The van der Waals surface area contributed by atoms with Crippen LogP contribution in [0.15, 0.2) is 24.7 Å². The van der Waals surface area contributed by atoms with E-state index < -0.39 is 0 Å². The first-order chi connectivity index (χ1) is 6.68. The van der Waals surface area contributed by atoms with Gasteiger partial charge < -0.3 is 10.1 Å². The molecule has 1 atom stereocenters. The van der Waals surface area contributed by atoms with Crippen molar-refractivity contribution < 1.29 is 0 Å². The van der Waals surface area contributed by atoms with E-state index in [9.17, 15) is 0 Å². The van der Waals surface area contributed by atoms with E-state index >= 15 is 0 Å². The van der Waals surface area contributed by atoms with Gasteiger partial charge in [0.25, 0.3) is 0 Å². The molecule has 0 bridgehead atoms. The number of rotatable bonds is 2. The maximum Gasteiger partial charge on any atom is 0.155 e. The van der Waals surface area contributed by atoms with E-state index in [2.05, 4.69) is 4.98 Å². The quantitative estimate of drug-likeness (QED) is 0.821. The summed E-state index contributed by atoms with van der Waals surface area (Å²) in [7, 11) is 0. The third-order valence-electron chi connectivity index (χ3n) is 2.14. The molecule has 0 amide bonds. The summed E-state index contributed by atoms with van der Waals surface area (Å²) in [6, 6.07) is 4.14. The number of aromatic nitrogens is 2. The topological polar surface area (TPSA) is 43.3 Å². The van der Waals surface area contributed by atoms with Crippen LogP contribution in [-0.2, 0) is 6.42 Å². The van der Waals surface area contributed by atoms with Gasteiger partial charge >= 0.3 is 0 Å². The smallest absolute Gasteiger partial charge is 0.155 e. The lowest BCUT2D eigenvalue weighted by atomic mass is 10.1. The van der Waals surface area contributed by atoms with E-state index in [1.54, 1.807) is 6.33 Å². The number of nitrogens with zero attached hydrogens (tertiary/aromatic N) is 2. The number of nitrogens with two attached hydrogens (primary N) is 1. The Bertz CT molecular complexity index is 448. The molecule has 2 heterocycles. The Hall–Kier alpha value is -1.06. The monoisotopic (exact) mass is 209 g/mol. The van der Waals surface area contributed by atoms with Crippen LogP contribution in [0, 0.1) is 0 Å². The number of imidazole rings is 1. The van der Waals surface area contributed by atoms with Crippen LogP contribution in [0.3, 0.4) is 0 Å². The molecule has 14 heavy (non-hydrogen) atoms. The molecule has 2 N–H and O–H groups in total. The van der Waals surface area contributed by atoms with E-state index in [4.69, 9.17) is 17.3 Å². The Labute approximate surface area is 87.5 Å². The number of pyridine rings is 1. The Morgan fingerprint density at radius 1 is 1.64 bits per heavy atom. The average molecular weight is 210 g/mol. The lowest BCUT2D eigenvalue weighted by Gasteiger charge is -2.07. The summed E-state index contributed by atoms with van der Waals surface area (Å²) in [5.41, 5.74) is 7.87. The molecule has 0 radical (unpaired) electrons. The molecule has 0 aliphatic carbocycles. The van der Waals surface area contributed by atoms with Crippen LogP contribution >= 0.6 is 11.6 Å². The highest BCUT2D eigenvalue weighted by Gasteiger charge is 2.08. The minimum Gasteiger partial charge on any atom is -0.328 e. The minimum atomic E-state index is 0.132. The molecule has 74 valence electrons. The fourth-order valence-corrected chi connectivity index (χ4v) is 1.85. The predicted molar refractivity (Wildman–Crippen MR) is 57.6 cm³/mol. The zero-order valence-corrected chi connectivity index (χ0v) is 8.70. The Kier molecular flexibility index (Phi) is 2.44. The SMILES string of the molecule is CC(N)Cc1cccn2cnc(Cl)c12. The van der Waals surface area contributed by atoms with Crippen LogP contribution in [0.25, 0.3) is 5.52 Å². The van der Waals surface area contributed by atoms with Gasteiger partial charge in [-0.2, -0.15) is 0 Å². The van der Waals surface area contributed by atoms with Crippen molar-refractivity contribution in [1.82, 2.24) is 9.38 Å². The lowest BCUT2D eigenvalue weighted by Crippen LogP contribution is -2.18. The van der Waals surface area contributed by atoms with Crippen LogP contribution in [0.5, 0.6) is 0 Å². The molecule has 4 heteroatoms. The Morgan fingerprint density at radius 2 is 2.43 bits per heavy atom. The molecular weight excluding hydrogens is 198 g/mol. The van der Waals surface area contributed by atoms with Crippen LogP contribution in [0.2, 0.25) is 5.15 Å². The summed E-state index contributed by atoms with van der Waals surface area (Å²) >= 11 is 5.99. The molecule has 0 saturated heterocycles. The summed E-state index contributed by atoms with van der Waals surface area (Å²) in [4.78, 5) is 4.05. The highest BCUT2D eigenvalue weighted by molar-refractivity contribution is 6.32. The molecule has 0 fully saturated rings. The van der Waals surface area contributed by atoms with Crippen molar-refractivity contribution in [1.29, 1.82) is 0 Å². The molecule has 2 aromatic heterocycles. The number of halogens is 1. The fourth-order valence-electron chi connectivity index (χ4n) is 1.59. The molecule has 3 nitrogen and oxygen atoms in total. The molecule has 0 saturated carbocycles. The van der Waals surface area contributed by atoms with Gasteiger partial charge in [-0.3, -0.25) is 0 Å². The summed E-state index contributed by atoms with van der Waals surface area (Å²) in [6.07, 6.45) is 4.46. The third-order valence-corrected chi connectivity index (χ3v) is 2.42. The van der Waals surface area contributed by atoms with Gasteiger partial charge in [0, 0.05) is 12.2 Å². The van der Waals surface area contributed by atoms with Gasteiger partial charge in [0.1, 0.15) is 6.33 Å². The van der Waals surface area contributed by atoms with Gasteiger partial charge in [-0.1, -0.05) is 17.7 Å². The molecular formula is C10H12ClN3. The highest BCUT2D eigenvalue weighted by Crippen LogP contribution is 2.20. The first-order valence-corrected chi connectivity index (χ1v) is 4.92. The molecule has 1 unspecified atom stereocenters. The zero-order valence-electron chi connectivity index (χ0n) is 7.94. The van der Waals surface area contributed by atoms with Gasteiger partial charge in [-0.25, -0.2) is 4.98 Å². The predicted octanol–water partition coefficient (Wildman–Crippen LogP) is 1.88. The average Bonchev–Trinajstić information content (AvgIpc) is 2.48. The van der Waals surface area contributed by atoms with Gasteiger partial charge in [-0.05, 0) is 25.0 Å². The molecule has 0 aliphatic rings. The standard InChI is InChI=1S/C10H12ClN3/c1-7(12)5-8-3-2-4-14-6-13-10(11)9(8)14/h2-4,6-7H,5,12H2,1H3. The van der Waals surface area contributed by atoms with Crippen LogP contribution < -0.4 is 5.73 Å². The molecule has 0 aromatic carbocycles. The number of hydrogen-bond donors (Lipinski definition) is 1. The maximum atomic E-state index is 5.99. The van der Waals surface area contributed by atoms with Crippen LogP contribution in [0.4, 0.5) is 0 Å². The van der Waals surface area contributed by atoms with Crippen molar-refractivity contribution in [2.75, 3.05) is 0 Å². The van der Waals surface area contributed by atoms with Gasteiger partial charge in [0.2, 0.25) is 0 Å². The highest BCUT2D eigenvalue weighted by atomic mass is 35.5. The summed E-state index contributed by atoms with van der Waals surface area (Å²) in [5, 5.41) is 0.543. The zero-order chi connectivity index (χ0) is 10.1. The molecule has 0 spiro atoms. The lowest BCUT2D eigenvalue weighted by molar-refractivity contribution is 0.739. The van der Waals surface area contributed by atoms with Crippen molar-refractivity contribution in [2.45, 2.75) is 19.4 Å². The second kappa shape index (κ2) is 3.59. The van der Waals surface area contributed by atoms with Crippen molar-refractivity contribution in [3.8, 4) is 0 Å². The number of hydrogen-bond acceptors (Lipinski definition) is 2. The largest absolute Gasteiger partial charge is 0.328 e. The van der Waals surface area contributed by atoms with Gasteiger partial charge in [0.05, 0.1) is 5.52 Å². The van der Waals surface area contributed by atoms with Crippen molar-refractivity contribution in [3.63, 3.8) is 0 Å². The molecule has 0 aliphatic heterocycles. The van der Waals surface area contributed by atoms with Crippen molar-refractivity contribution in [3.05, 3.63) is 35.4 Å². The summed E-state index contributed by atoms with van der Waals surface area (Å²) in [5.74, 6) is 0. The fraction of sp³-hybridized carbons (Fsp3) is 0.300. The Morgan fingerprint density at radius 3 is 3.14 bits per heavy atom. The van der Waals surface area contributed by atoms with E-state index in [0.717, 1.165) is 17.5 Å². The second-order valence-corrected chi connectivity index (χ2v) is 3.86. The van der Waals surface area contributed by atoms with Crippen molar-refractivity contribution >= 4 is 17.1 Å². The van der Waals surface area contributed by atoms with E-state index in [-0.39, 0.29) is 6.04 Å². The van der Waals surface area contributed by atoms with Crippen molar-refractivity contribution in [2.24, 2.45) is 5.73 Å². The van der Waals surface area contributed by atoms with Gasteiger partial charge in [0.15, 0.2) is 5.15 Å². The molecule has 2 rings (SSSR count). The Balaban J connectivity index is 2.57. The third kappa shape index (κ3) is 1.61. The summed E-state index contributed by atoms with van der Waals surface area (Å²) < 4.78 is 1.92. The van der Waals surface area contributed by atoms with E-state index in [1.807, 2.05) is 29.7 Å². The van der Waals surface area contributed by atoms with E-state index in [0.29, 0.717) is 5.15 Å². The van der Waals surface area contributed by atoms with Crippen LogP contribution in [-0.4, -0.2) is 15.4 Å². The molecule has 2 aromatic rings. The normalized spacial score (nSPS) is 13.4. The van der Waals surface area contributed by atoms with Crippen LogP contribution in [0.1, 0.15) is 12.5 Å². The second-order valence-electron chi connectivity index (χ2n) is 3.51. The number of fused-ring (bicyclic) bond motifs is 1. The maximum absolute atomic E-state index is 5.99. The van der Waals surface area contributed by atoms with Gasteiger partial charge in [-0.15, -0.1) is 0 Å². The first-order valence-electron chi connectivity index (χ1n) is 4.54. The first kappa shape index (κ1) is 9.49. The summed E-state index contributed by atoms with van der Waals surface area (Å²) in [6.45, 7) is 1.98. The van der Waals surface area contributed by atoms with E-state index in [1.165, 1.54) is 0 Å². The minimum absolute atomic E-state index is 0.132.